The molecule has 11 nitrogen and oxygen atoms in total. The molecule has 54 heavy (non-hydrogen) atoms. The van der Waals surface area contributed by atoms with Crippen molar-refractivity contribution in [1.29, 1.82) is 0 Å². The number of ether oxygens (including phenoxy) is 1. The van der Waals surface area contributed by atoms with Gasteiger partial charge < -0.3 is 10.5 Å². The van der Waals surface area contributed by atoms with E-state index in [-0.39, 0.29) is 34.8 Å². The minimum atomic E-state index is -4.63. The molecule has 2 fully saturated rings. The first-order valence-corrected chi connectivity index (χ1v) is 17.5. The molecule has 2 aromatic heterocycles. The van der Waals surface area contributed by atoms with Gasteiger partial charge in [0, 0.05) is 23.7 Å². The number of halogens is 7. The Kier molecular flexibility index (Phi) is 9.29. The highest BCUT2D eigenvalue weighted by Gasteiger charge is 2.64. The number of nitrogens with zero attached hydrogens (tertiary/aromatic N) is 7. The van der Waals surface area contributed by atoms with Gasteiger partial charge in [-0.05, 0) is 68.4 Å². The SMILES string of the molecule is CC(C)(F)C[C@]1(c2ccc(-c3cnn(C4CC4)c3)cc2)N=C(N)N([C@H](COC(=O)CC2(C(F)(F)F)CC2)c2ccc(Cl)c(-c3ncnn3C(F)F)c2)C1=O. The zero-order chi connectivity index (χ0) is 38.8. The molecule has 2 saturated carbocycles. The Morgan fingerprint density at radius 1 is 1.06 bits per heavy atom. The number of guanidine groups is 1. The van der Waals surface area contributed by atoms with Crippen LogP contribution >= 0.6 is 11.6 Å². The lowest BCUT2D eigenvalue weighted by Crippen LogP contribution is -2.48. The van der Waals surface area contributed by atoms with Crippen LogP contribution in [0.15, 0.2) is 66.2 Å². The van der Waals surface area contributed by atoms with Crippen molar-refractivity contribution < 1.29 is 40.7 Å². The average molecular weight is 777 g/mol. The van der Waals surface area contributed by atoms with Gasteiger partial charge in [0.2, 0.25) is 0 Å². The molecule has 2 aliphatic carbocycles. The summed E-state index contributed by atoms with van der Waals surface area (Å²) < 4.78 is 92.1. The third kappa shape index (κ3) is 7.05. The monoisotopic (exact) mass is 776 g/mol. The van der Waals surface area contributed by atoms with E-state index in [0.717, 1.165) is 35.2 Å². The van der Waals surface area contributed by atoms with Gasteiger partial charge in [0.15, 0.2) is 17.3 Å². The van der Waals surface area contributed by atoms with Crippen LogP contribution in [0.4, 0.5) is 26.3 Å². The Morgan fingerprint density at radius 3 is 2.37 bits per heavy atom. The van der Waals surface area contributed by atoms with Gasteiger partial charge in [-0.25, -0.2) is 14.4 Å². The van der Waals surface area contributed by atoms with Crippen LogP contribution in [0, 0.1) is 5.41 Å². The van der Waals surface area contributed by atoms with E-state index >= 15 is 4.39 Å². The summed E-state index contributed by atoms with van der Waals surface area (Å²) in [6.07, 6.45) is 0.0847. The number of hydrogen-bond donors (Lipinski definition) is 1. The summed E-state index contributed by atoms with van der Waals surface area (Å²) in [6, 6.07) is 9.76. The molecule has 0 bridgehead atoms. The highest BCUT2D eigenvalue weighted by molar-refractivity contribution is 6.33. The quantitative estimate of drug-likeness (QED) is 0.109. The summed E-state index contributed by atoms with van der Waals surface area (Å²) in [4.78, 5) is 37.2. The predicted molar refractivity (Wildman–Crippen MR) is 184 cm³/mol. The van der Waals surface area contributed by atoms with E-state index in [0.29, 0.717) is 16.3 Å². The van der Waals surface area contributed by atoms with Crippen molar-refractivity contribution in [2.24, 2.45) is 16.1 Å². The molecule has 0 spiro atoms. The van der Waals surface area contributed by atoms with Gasteiger partial charge in [0.05, 0.1) is 35.1 Å². The fraction of sp³-hybridized carbons (Fsp3) is 0.444. The van der Waals surface area contributed by atoms with Gasteiger partial charge >= 0.3 is 18.7 Å². The number of carbonyl (C=O) groups excluding carboxylic acids is 2. The fourth-order valence-electron chi connectivity index (χ4n) is 6.92. The Labute approximate surface area is 310 Å². The average Bonchev–Trinajstić information content (AvgIpc) is 3.97. The summed E-state index contributed by atoms with van der Waals surface area (Å²) in [6.45, 7) is -1.28. The maximum absolute atomic E-state index is 15.7. The van der Waals surface area contributed by atoms with Gasteiger partial charge in [-0.3, -0.25) is 19.2 Å². The van der Waals surface area contributed by atoms with Gasteiger partial charge in [0.25, 0.3) is 5.91 Å². The van der Waals surface area contributed by atoms with E-state index in [9.17, 15) is 31.5 Å². The van der Waals surface area contributed by atoms with E-state index in [4.69, 9.17) is 22.1 Å². The van der Waals surface area contributed by atoms with Crippen LogP contribution in [0.2, 0.25) is 5.02 Å². The maximum atomic E-state index is 15.7. The van der Waals surface area contributed by atoms with Crippen LogP contribution in [0.25, 0.3) is 22.5 Å². The molecule has 1 amide bonds. The Bertz CT molecular complexity index is 2100. The van der Waals surface area contributed by atoms with Crippen molar-refractivity contribution in [2.45, 2.75) is 88.4 Å². The molecule has 3 heterocycles. The molecule has 0 unspecified atom stereocenters. The van der Waals surface area contributed by atoms with Crippen molar-refractivity contribution in [3.63, 3.8) is 0 Å². The van der Waals surface area contributed by atoms with Crippen LogP contribution in [0.3, 0.4) is 0 Å². The number of hydrogen-bond acceptors (Lipinski definition) is 8. The van der Waals surface area contributed by atoms with Crippen LogP contribution in [-0.4, -0.2) is 65.7 Å². The van der Waals surface area contributed by atoms with E-state index in [2.05, 4.69) is 20.2 Å². The summed E-state index contributed by atoms with van der Waals surface area (Å²) in [7, 11) is 0. The lowest BCUT2D eigenvalue weighted by Gasteiger charge is -2.33. The van der Waals surface area contributed by atoms with Gasteiger partial charge in [-0.1, -0.05) is 41.9 Å². The number of esters is 1. The molecule has 2 aromatic carbocycles. The molecule has 7 rings (SSSR count). The molecule has 0 radical (unpaired) electrons. The number of amides is 1. The number of rotatable bonds is 13. The molecule has 286 valence electrons. The maximum Gasteiger partial charge on any atom is 0.395 e. The molecule has 2 N–H and O–H groups in total. The molecule has 0 saturated heterocycles. The Hall–Kier alpha value is -4.93. The van der Waals surface area contributed by atoms with Crippen molar-refractivity contribution in [2.75, 3.05) is 6.61 Å². The zero-order valence-corrected chi connectivity index (χ0v) is 29.8. The van der Waals surface area contributed by atoms with Crippen molar-refractivity contribution in [1.82, 2.24) is 29.4 Å². The number of benzene rings is 2. The topological polar surface area (TPSA) is 134 Å². The third-order valence-corrected chi connectivity index (χ3v) is 10.4. The van der Waals surface area contributed by atoms with Gasteiger partial charge in [-0.2, -0.15) is 36.8 Å². The van der Waals surface area contributed by atoms with Crippen LogP contribution in [0.1, 0.15) is 82.1 Å². The second-order valence-corrected chi connectivity index (χ2v) is 15.0. The van der Waals surface area contributed by atoms with Crippen molar-refractivity contribution >= 4 is 29.4 Å². The van der Waals surface area contributed by atoms with E-state index < -0.39 is 72.7 Å². The van der Waals surface area contributed by atoms with E-state index in [1.165, 1.54) is 32.0 Å². The van der Waals surface area contributed by atoms with Crippen molar-refractivity contribution in [3.8, 4) is 22.5 Å². The van der Waals surface area contributed by atoms with E-state index in [1.807, 2.05) is 10.9 Å². The highest BCUT2D eigenvalue weighted by Crippen LogP contribution is 2.60. The third-order valence-electron chi connectivity index (χ3n) is 10.0. The second-order valence-electron chi connectivity index (χ2n) is 14.6. The molecule has 2 atom stereocenters. The molecule has 3 aliphatic rings. The van der Waals surface area contributed by atoms with Crippen LogP contribution in [-0.2, 0) is 19.9 Å². The number of aliphatic imine (C=N–C) groups is 1. The summed E-state index contributed by atoms with van der Waals surface area (Å²) in [5.41, 5.74) is 2.34. The number of aromatic nitrogens is 5. The standard InChI is InChI=1S/C36H35ClF6N8O3/c1-33(2,40)18-35(23-6-3-20(4-7-23)22-15-46-49(16-22)24-8-9-24)30(53)50(32(44)48-35)27(17-54-28(52)14-34(11-12-34)36(41,42)43)21-5-10-26(37)25(13-21)29-45-19-47-51(29)31(38)39/h3-7,10,13,15-16,19,24,27,31H,8-9,11-12,14,17-18H2,1-2H3,(H2,44,48)/t27-,35-/m1/s1. The highest BCUT2D eigenvalue weighted by atomic mass is 35.5. The van der Waals surface area contributed by atoms with E-state index in [1.54, 1.807) is 30.5 Å². The molecule has 18 heteroatoms. The Balaban J connectivity index is 1.26. The smallest absolute Gasteiger partial charge is 0.395 e. The number of alkyl halides is 6. The predicted octanol–water partition coefficient (Wildman–Crippen LogP) is 7.70. The minimum Gasteiger partial charge on any atom is -0.463 e. The van der Waals surface area contributed by atoms with Crippen molar-refractivity contribution in [3.05, 3.63) is 77.3 Å². The van der Waals surface area contributed by atoms with Gasteiger partial charge in [-0.15, -0.1) is 0 Å². The number of nitrogens with two attached hydrogens (primary N) is 1. The zero-order valence-electron chi connectivity index (χ0n) is 29.0. The largest absolute Gasteiger partial charge is 0.463 e. The number of carbonyl (C=O) groups is 2. The second kappa shape index (κ2) is 13.4. The molecule has 4 aromatic rings. The lowest BCUT2D eigenvalue weighted by molar-refractivity contribution is -0.195. The lowest BCUT2D eigenvalue weighted by atomic mass is 9.80. The fourth-order valence-corrected chi connectivity index (χ4v) is 7.12. The first-order valence-electron chi connectivity index (χ1n) is 17.1. The van der Waals surface area contributed by atoms with Crippen LogP contribution in [0.5, 0.6) is 0 Å². The first-order chi connectivity index (χ1) is 25.4. The molecule has 1 aliphatic heterocycles. The summed E-state index contributed by atoms with van der Waals surface area (Å²) in [5, 5.41) is 7.94. The summed E-state index contributed by atoms with van der Waals surface area (Å²) in [5.74, 6) is -2.73. The Morgan fingerprint density at radius 2 is 1.76 bits per heavy atom. The molecular weight excluding hydrogens is 742 g/mol. The molecular formula is C36H35ClF6N8O3. The first kappa shape index (κ1) is 37.4. The minimum absolute atomic E-state index is 0.0316. The summed E-state index contributed by atoms with van der Waals surface area (Å²) >= 11 is 6.42. The van der Waals surface area contributed by atoms with Gasteiger partial charge in [0.1, 0.15) is 18.6 Å². The normalized spacial score (nSPS) is 20.4. The van der Waals surface area contributed by atoms with Crippen LogP contribution < -0.4 is 5.73 Å².